The van der Waals surface area contributed by atoms with Crippen molar-refractivity contribution in [2.75, 3.05) is 16.8 Å². The Bertz CT molecular complexity index is 1120. The average molecular weight is 503 g/mol. The molecular weight excluding hydrogens is 479 g/mol. The molecule has 1 aliphatic carbocycles. The third-order valence-corrected chi connectivity index (χ3v) is 7.37. The van der Waals surface area contributed by atoms with Crippen LogP contribution in [0.25, 0.3) is 0 Å². The van der Waals surface area contributed by atoms with Gasteiger partial charge in [0.15, 0.2) is 6.61 Å². The van der Waals surface area contributed by atoms with Crippen LogP contribution in [0.3, 0.4) is 0 Å². The molecule has 34 heavy (non-hydrogen) atoms. The molecule has 2 fully saturated rings. The predicted molar refractivity (Wildman–Crippen MR) is 129 cm³/mol. The molecule has 2 aromatic rings. The number of hydrogen-bond acceptors (Lipinski definition) is 5. The molecule has 0 bridgehead atoms. The molecule has 1 N–H and O–H groups in total. The summed E-state index contributed by atoms with van der Waals surface area (Å²) in [6.07, 6.45) is 0.714. The highest BCUT2D eigenvalue weighted by Gasteiger charge is 2.52. The van der Waals surface area contributed by atoms with E-state index in [1.165, 1.54) is 24.3 Å². The van der Waals surface area contributed by atoms with Crippen LogP contribution in [0, 0.1) is 25.7 Å². The van der Waals surface area contributed by atoms with Crippen LogP contribution < -0.4 is 10.2 Å². The number of nitrogens with zero attached hydrogens (tertiary/aromatic N) is 1. The van der Waals surface area contributed by atoms with Crippen LogP contribution in [0.1, 0.15) is 34.3 Å². The minimum Gasteiger partial charge on any atom is -0.452 e. The Kier molecular flexibility index (Phi) is 6.96. The minimum absolute atomic E-state index is 0.196. The summed E-state index contributed by atoms with van der Waals surface area (Å²) in [7, 11) is 0. The molecule has 0 aromatic heterocycles. The van der Waals surface area contributed by atoms with E-state index in [1.54, 1.807) is 0 Å². The summed E-state index contributed by atoms with van der Waals surface area (Å²) in [4.78, 5) is 51.4. The summed E-state index contributed by atoms with van der Waals surface area (Å²) >= 11 is 12.4. The van der Waals surface area contributed by atoms with Crippen molar-refractivity contribution >= 4 is 58.3 Å². The standard InChI is InChI=1S/C25H24Cl2N2O5/c1-13-3-4-14(2)21(9-13)28-22(30)12-34-25(33)15-5-7-16(8-6-15)29-23(31)17-10-19(26)20(27)11-18(17)24(29)32/h3-9,17-20H,10-12H2,1-2H3,(H,28,30)/t17-,18-,19-,20+/m1/s1. The van der Waals surface area contributed by atoms with Gasteiger partial charge in [-0.3, -0.25) is 19.3 Å². The first-order chi connectivity index (χ1) is 16.2. The van der Waals surface area contributed by atoms with E-state index in [4.69, 9.17) is 27.9 Å². The number of imide groups is 1. The third-order valence-electron chi connectivity index (χ3n) is 6.27. The Morgan fingerprint density at radius 1 is 0.971 bits per heavy atom. The van der Waals surface area contributed by atoms with Gasteiger partial charge in [-0.25, -0.2) is 4.79 Å². The molecule has 0 spiro atoms. The van der Waals surface area contributed by atoms with E-state index >= 15 is 0 Å². The van der Waals surface area contributed by atoms with E-state index in [1.807, 2.05) is 32.0 Å². The van der Waals surface area contributed by atoms with E-state index in [9.17, 15) is 19.2 Å². The lowest BCUT2D eigenvalue weighted by atomic mass is 9.80. The lowest BCUT2D eigenvalue weighted by Crippen LogP contribution is -2.34. The van der Waals surface area contributed by atoms with Gasteiger partial charge in [-0.05, 0) is 68.1 Å². The number of aryl methyl sites for hydroxylation is 2. The fourth-order valence-corrected chi connectivity index (χ4v) is 4.96. The van der Waals surface area contributed by atoms with Gasteiger partial charge in [0.2, 0.25) is 11.8 Å². The molecular formula is C25H24Cl2N2O5. The number of fused-ring (bicyclic) bond motifs is 1. The molecule has 2 aromatic carbocycles. The number of alkyl halides is 2. The van der Waals surface area contributed by atoms with Gasteiger partial charge in [0, 0.05) is 5.69 Å². The summed E-state index contributed by atoms with van der Waals surface area (Å²) < 4.78 is 5.11. The van der Waals surface area contributed by atoms with Crippen molar-refractivity contribution in [1.82, 2.24) is 0 Å². The Morgan fingerprint density at radius 2 is 1.56 bits per heavy atom. The quantitative estimate of drug-likeness (QED) is 0.375. The molecule has 7 nitrogen and oxygen atoms in total. The van der Waals surface area contributed by atoms with Crippen LogP contribution in [0.5, 0.6) is 0 Å². The Morgan fingerprint density at radius 3 is 2.15 bits per heavy atom. The number of amides is 3. The van der Waals surface area contributed by atoms with Crippen molar-refractivity contribution in [1.29, 1.82) is 0 Å². The van der Waals surface area contributed by atoms with Crippen molar-refractivity contribution in [3.8, 4) is 0 Å². The second-order valence-corrected chi connectivity index (χ2v) is 9.84. The van der Waals surface area contributed by atoms with Crippen molar-refractivity contribution in [2.24, 2.45) is 11.8 Å². The molecule has 9 heteroatoms. The van der Waals surface area contributed by atoms with Crippen LogP contribution in [0.15, 0.2) is 42.5 Å². The molecule has 0 unspecified atom stereocenters. The number of hydrogen-bond donors (Lipinski definition) is 1. The molecule has 1 aliphatic heterocycles. The molecule has 1 saturated heterocycles. The van der Waals surface area contributed by atoms with Gasteiger partial charge in [-0.1, -0.05) is 12.1 Å². The number of rotatable bonds is 5. The van der Waals surface area contributed by atoms with E-state index in [-0.39, 0.29) is 28.1 Å². The zero-order chi connectivity index (χ0) is 24.6. The number of ether oxygens (including phenoxy) is 1. The Labute approximate surface area is 207 Å². The van der Waals surface area contributed by atoms with E-state index < -0.39 is 30.3 Å². The fraction of sp³-hybridized carbons (Fsp3) is 0.360. The highest BCUT2D eigenvalue weighted by molar-refractivity contribution is 6.31. The lowest BCUT2D eigenvalue weighted by molar-refractivity contribution is -0.122. The van der Waals surface area contributed by atoms with Crippen LogP contribution in [-0.2, 0) is 19.1 Å². The maximum absolute atomic E-state index is 12.9. The third kappa shape index (κ3) is 4.81. The molecule has 1 saturated carbocycles. The highest BCUT2D eigenvalue weighted by atomic mass is 35.5. The number of carbonyl (C=O) groups excluding carboxylic acids is 4. The molecule has 2 aliphatic rings. The van der Waals surface area contributed by atoms with Crippen LogP contribution in [0.4, 0.5) is 11.4 Å². The maximum Gasteiger partial charge on any atom is 0.338 e. The first kappa shape index (κ1) is 24.2. The Balaban J connectivity index is 1.37. The number of esters is 1. The second kappa shape index (κ2) is 9.76. The molecule has 4 rings (SSSR count). The predicted octanol–water partition coefficient (Wildman–Crippen LogP) is 4.21. The number of halogens is 2. The summed E-state index contributed by atoms with van der Waals surface area (Å²) in [5.41, 5.74) is 3.12. The summed E-state index contributed by atoms with van der Waals surface area (Å²) in [6.45, 7) is 3.34. The molecule has 1 heterocycles. The van der Waals surface area contributed by atoms with Crippen LogP contribution in [0.2, 0.25) is 0 Å². The summed E-state index contributed by atoms with van der Waals surface area (Å²) in [5, 5.41) is 2.01. The van der Waals surface area contributed by atoms with E-state index in [2.05, 4.69) is 5.32 Å². The van der Waals surface area contributed by atoms with Crippen LogP contribution in [-0.4, -0.2) is 41.1 Å². The normalized spacial score (nSPS) is 24.1. The smallest absolute Gasteiger partial charge is 0.338 e. The lowest BCUT2D eigenvalue weighted by Gasteiger charge is -2.28. The molecule has 4 atom stereocenters. The number of anilines is 2. The van der Waals surface area contributed by atoms with Crippen LogP contribution >= 0.6 is 23.2 Å². The van der Waals surface area contributed by atoms with Gasteiger partial charge < -0.3 is 10.1 Å². The van der Waals surface area contributed by atoms with Gasteiger partial charge in [0.1, 0.15) is 0 Å². The second-order valence-electron chi connectivity index (χ2n) is 8.72. The monoisotopic (exact) mass is 502 g/mol. The van der Waals surface area contributed by atoms with E-state index in [0.717, 1.165) is 16.0 Å². The maximum atomic E-state index is 12.9. The van der Waals surface area contributed by atoms with Gasteiger partial charge in [0.05, 0.1) is 33.8 Å². The number of carbonyl (C=O) groups is 4. The number of benzene rings is 2. The van der Waals surface area contributed by atoms with Gasteiger partial charge in [-0.15, -0.1) is 23.2 Å². The van der Waals surface area contributed by atoms with Gasteiger partial charge in [0.25, 0.3) is 5.91 Å². The summed E-state index contributed by atoms with van der Waals surface area (Å²) in [6, 6.07) is 11.6. The van der Waals surface area contributed by atoms with Crippen molar-refractivity contribution < 1.29 is 23.9 Å². The van der Waals surface area contributed by atoms with Crippen molar-refractivity contribution in [3.05, 3.63) is 59.2 Å². The average Bonchev–Trinajstić information content (AvgIpc) is 3.04. The first-order valence-corrected chi connectivity index (χ1v) is 11.8. The van der Waals surface area contributed by atoms with Gasteiger partial charge in [-0.2, -0.15) is 0 Å². The van der Waals surface area contributed by atoms with E-state index in [0.29, 0.717) is 24.2 Å². The zero-order valence-corrected chi connectivity index (χ0v) is 20.2. The molecule has 3 amide bonds. The first-order valence-electron chi connectivity index (χ1n) is 11.0. The van der Waals surface area contributed by atoms with Crippen molar-refractivity contribution in [3.63, 3.8) is 0 Å². The minimum atomic E-state index is -0.689. The largest absolute Gasteiger partial charge is 0.452 e. The zero-order valence-electron chi connectivity index (χ0n) is 18.7. The summed E-state index contributed by atoms with van der Waals surface area (Å²) in [5.74, 6) is -2.71. The van der Waals surface area contributed by atoms with Gasteiger partial charge >= 0.3 is 5.97 Å². The highest BCUT2D eigenvalue weighted by Crippen LogP contribution is 2.43. The molecule has 0 radical (unpaired) electrons. The number of nitrogens with one attached hydrogen (secondary N) is 1. The Hall–Kier alpha value is -2.90. The fourth-order valence-electron chi connectivity index (χ4n) is 4.37. The topological polar surface area (TPSA) is 92.8 Å². The molecule has 178 valence electrons. The SMILES string of the molecule is Cc1ccc(C)c(NC(=O)COC(=O)c2ccc(N3C(=O)[C@@H]4C[C@@H](Cl)[C@@H](Cl)C[C@H]4C3=O)cc2)c1. The van der Waals surface area contributed by atoms with Crippen molar-refractivity contribution in [2.45, 2.75) is 37.4 Å².